The van der Waals surface area contributed by atoms with E-state index in [4.69, 9.17) is 4.74 Å². The zero-order valence-electron chi connectivity index (χ0n) is 24.1. The topological polar surface area (TPSA) is 78.8 Å². The third-order valence-electron chi connectivity index (χ3n) is 8.13. The van der Waals surface area contributed by atoms with Crippen molar-refractivity contribution in [2.24, 2.45) is 0 Å². The number of hydrogen-bond acceptors (Lipinski definition) is 4. The average Bonchev–Trinajstić information content (AvgIpc) is 2.90. The lowest BCUT2D eigenvalue weighted by atomic mass is 9.63. The number of fused-ring (bicyclic) bond motifs is 1. The number of aromatic hydroxyl groups is 1. The predicted molar refractivity (Wildman–Crippen MR) is 159 cm³/mol. The summed E-state index contributed by atoms with van der Waals surface area (Å²) in [6, 6.07) is 17.2. The van der Waals surface area contributed by atoms with Crippen LogP contribution in [0.3, 0.4) is 0 Å². The molecule has 0 fully saturated rings. The van der Waals surface area contributed by atoms with E-state index in [1.54, 1.807) is 6.07 Å². The van der Waals surface area contributed by atoms with E-state index in [1.807, 2.05) is 12.1 Å². The van der Waals surface area contributed by atoms with Crippen molar-refractivity contribution in [1.29, 1.82) is 0 Å². The number of unbranched alkanes of at least 4 members (excludes halogenated alkanes) is 1. The van der Waals surface area contributed by atoms with Crippen LogP contribution in [-0.4, -0.2) is 35.9 Å². The molecule has 0 atom stereocenters. The van der Waals surface area contributed by atoms with Gasteiger partial charge in [-0.2, -0.15) is 0 Å². The molecule has 0 unspecified atom stereocenters. The van der Waals surface area contributed by atoms with Gasteiger partial charge >= 0.3 is 5.97 Å². The Labute approximate surface area is 233 Å². The van der Waals surface area contributed by atoms with Crippen LogP contribution in [0, 0.1) is 0 Å². The van der Waals surface area contributed by atoms with Crippen LogP contribution in [0.15, 0.2) is 54.6 Å². The van der Waals surface area contributed by atoms with E-state index < -0.39 is 5.97 Å². The number of nitrogens with one attached hydrogen (secondary N) is 1. The van der Waals surface area contributed by atoms with Crippen LogP contribution in [0.5, 0.6) is 11.5 Å². The molecule has 3 aromatic carbocycles. The van der Waals surface area contributed by atoms with Crippen molar-refractivity contribution in [2.75, 3.05) is 19.7 Å². The van der Waals surface area contributed by atoms with Gasteiger partial charge in [0.1, 0.15) is 11.5 Å². The normalized spacial score (nSPS) is 15.5. The van der Waals surface area contributed by atoms with E-state index in [1.165, 1.54) is 23.3 Å². The Morgan fingerprint density at radius 3 is 2.23 bits per heavy atom. The van der Waals surface area contributed by atoms with Gasteiger partial charge in [0.2, 0.25) is 0 Å². The summed E-state index contributed by atoms with van der Waals surface area (Å²) in [6.07, 6.45) is 5.44. The highest BCUT2D eigenvalue weighted by Crippen LogP contribution is 2.48. The summed E-state index contributed by atoms with van der Waals surface area (Å²) in [5, 5.41) is 23.4. The van der Waals surface area contributed by atoms with Crippen LogP contribution in [0.25, 0.3) is 22.3 Å². The fourth-order valence-electron chi connectivity index (χ4n) is 5.55. The Hall–Kier alpha value is -3.31. The van der Waals surface area contributed by atoms with Gasteiger partial charge in [0.25, 0.3) is 0 Å². The lowest BCUT2D eigenvalue weighted by Gasteiger charge is -2.42. The number of hydrogen-bond donors (Lipinski definition) is 3. The van der Waals surface area contributed by atoms with Crippen molar-refractivity contribution in [2.45, 2.75) is 77.6 Å². The molecular formula is C34H43NO4. The highest BCUT2D eigenvalue weighted by atomic mass is 16.5. The highest BCUT2D eigenvalue weighted by Gasteiger charge is 2.37. The molecule has 0 aliphatic heterocycles. The van der Waals surface area contributed by atoms with E-state index in [0.29, 0.717) is 12.2 Å². The largest absolute Gasteiger partial charge is 0.507 e. The molecule has 0 aromatic heterocycles. The number of carbonyl (C=O) groups is 1. The van der Waals surface area contributed by atoms with Crippen molar-refractivity contribution in [1.82, 2.24) is 5.32 Å². The van der Waals surface area contributed by atoms with Crippen LogP contribution in [0.2, 0.25) is 0 Å². The predicted octanol–water partition coefficient (Wildman–Crippen LogP) is 7.93. The molecule has 5 heteroatoms. The van der Waals surface area contributed by atoms with Gasteiger partial charge in [-0.3, -0.25) is 0 Å². The maximum absolute atomic E-state index is 11.4. The fraction of sp³-hybridized carbons (Fsp3) is 0.441. The monoisotopic (exact) mass is 529 g/mol. The fourth-order valence-corrected chi connectivity index (χ4v) is 5.55. The molecule has 0 radical (unpaired) electrons. The standard InChI is InChI=1S/C34H43NO4/c1-6-17-35-18-7-8-19-39-31-14-11-23(26-12-9-25(32(37)38)22-30(26)36)20-27(31)24-10-13-28-29(21-24)34(4,5)16-15-33(28,2)3/h9-14,20-22,35-36H,6-8,15-19H2,1-5H3,(H,37,38). The number of carboxylic acids is 1. The summed E-state index contributed by atoms with van der Waals surface area (Å²) in [7, 11) is 0. The molecular weight excluding hydrogens is 486 g/mol. The third-order valence-corrected chi connectivity index (χ3v) is 8.13. The van der Waals surface area contributed by atoms with Crippen molar-refractivity contribution in [3.63, 3.8) is 0 Å². The van der Waals surface area contributed by atoms with Gasteiger partial charge in [0.15, 0.2) is 0 Å². The molecule has 0 bridgehead atoms. The zero-order chi connectivity index (χ0) is 28.2. The second-order valence-corrected chi connectivity index (χ2v) is 12.1. The van der Waals surface area contributed by atoms with E-state index in [-0.39, 0.29) is 22.1 Å². The molecule has 0 amide bonds. The molecule has 1 aliphatic carbocycles. The number of benzene rings is 3. The summed E-state index contributed by atoms with van der Waals surface area (Å²) in [4.78, 5) is 11.4. The Kier molecular flexibility index (Phi) is 8.70. The molecule has 0 saturated carbocycles. The Morgan fingerprint density at radius 2 is 1.54 bits per heavy atom. The Bertz CT molecular complexity index is 1320. The molecule has 39 heavy (non-hydrogen) atoms. The van der Waals surface area contributed by atoms with Crippen LogP contribution < -0.4 is 10.1 Å². The number of ether oxygens (including phenoxy) is 1. The number of rotatable bonds is 11. The summed E-state index contributed by atoms with van der Waals surface area (Å²) < 4.78 is 6.34. The zero-order valence-corrected chi connectivity index (χ0v) is 24.1. The maximum Gasteiger partial charge on any atom is 0.335 e. The molecule has 3 aromatic rings. The number of carboxylic acid groups (broad SMARTS) is 1. The first-order valence-electron chi connectivity index (χ1n) is 14.2. The highest BCUT2D eigenvalue weighted by molar-refractivity contribution is 5.90. The molecule has 1 aliphatic rings. The van der Waals surface area contributed by atoms with Gasteiger partial charge in [-0.1, -0.05) is 58.9 Å². The molecule has 5 nitrogen and oxygen atoms in total. The van der Waals surface area contributed by atoms with Crippen molar-refractivity contribution in [3.05, 3.63) is 71.3 Å². The van der Waals surface area contributed by atoms with Gasteiger partial charge < -0.3 is 20.3 Å². The summed E-state index contributed by atoms with van der Waals surface area (Å²) in [5.41, 5.74) is 6.52. The SMILES string of the molecule is CCCNCCCCOc1ccc(-c2ccc(C(=O)O)cc2O)cc1-c1ccc2c(c1)C(C)(C)CCC2(C)C. The van der Waals surface area contributed by atoms with Gasteiger partial charge in [0, 0.05) is 11.1 Å². The number of phenols is 1. The van der Waals surface area contributed by atoms with Crippen LogP contribution in [0.4, 0.5) is 0 Å². The van der Waals surface area contributed by atoms with Gasteiger partial charge in [-0.25, -0.2) is 4.79 Å². The number of aromatic carboxylic acids is 1. The molecule has 3 N–H and O–H groups in total. The first-order chi connectivity index (χ1) is 18.5. The second kappa shape index (κ2) is 11.8. The lowest BCUT2D eigenvalue weighted by molar-refractivity contribution is 0.0696. The molecule has 0 heterocycles. The first-order valence-corrected chi connectivity index (χ1v) is 14.2. The van der Waals surface area contributed by atoms with E-state index in [9.17, 15) is 15.0 Å². The third kappa shape index (κ3) is 6.47. The lowest BCUT2D eigenvalue weighted by Crippen LogP contribution is -2.33. The van der Waals surface area contributed by atoms with E-state index in [0.717, 1.165) is 67.6 Å². The van der Waals surface area contributed by atoms with Crippen molar-refractivity contribution >= 4 is 5.97 Å². The smallest absolute Gasteiger partial charge is 0.335 e. The minimum absolute atomic E-state index is 0.0533. The minimum Gasteiger partial charge on any atom is -0.507 e. The maximum atomic E-state index is 11.4. The van der Waals surface area contributed by atoms with E-state index >= 15 is 0 Å². The van der Waals surface area contributed by atoms with Crippen molar-refractivity contribution < 1.29 is 19.7 Å². The van der Waals surface area contributed by atoms with E-state index in [2.05, 4.69) is 64.2 Å². The summed E-state index contributed by atoms with van der Waals surface area (Å²) in [6.45, 7) is 14.1. The van der Waals surface area contributed by atoms with Crippen LogP contribution in [0.1, 0.15) is 88.2 Å². The molecule has 0 saturated heterocycles. The quantitative estimate of drug-likeness (QED) is 0.220. The average molecular weight is 530 g/mol. The second-order valence-electron chi connectivity index (χ2n) is 12.1. The summed E-state index contributed by atoms with van der Waals surface area (Å²) in [5.74, 6) is -0.303. The Balaban J connectivity index is 1.72. The first kappa shape index (κ1) is 28.7. The van der Waals surface area contributed by atoms with Crippen LogP contribution in [-0.2, 0) is 10.8 Å². The molecule has 208 valence electrons. The molecule has 4 rings (SSSR count). The van der Waals surface area contributed by atoms with Crippen molar-refractivity contribution in [3.8, 4) is 33.8 Å². The minimum atomic E-state index is -1.06. The van der Waals surface area contributed by atoms with Gasteiger partial charge in [0.05, 0.1) is 12.2 Å². The van der Waals surface area contributed by atoms with Gasteiger partial charge in [-0.15, -0.1) is 0 Å². The summed E-state index contributed by atoms with van der Waals surface area (Å²) >= 11 is 0. The number of phenolic OH excluding ortho intramolecular Hbond substituents is 1. The Morgan fingerprint density at radius 1 is 0.846 bits per heavy atom. The van der Waals surface area contributed by atoms with Gasteiger partial charge in [-0.05, 0) is 109 Å². The van der Waals surface area contributed by atoms with Crippen LogP contribution >= 0.6 is 0 Å². The molecule has 0 spiro atoms.